The van der Waals surface area contributed by atoms with Crippen LogP contribution in [-0.4, -0.2) is 79.7 Å². The van der Waals surface area contributed by atoms with Gasteiger partial charge in [-0.3, -0.25) is 9.69 Å². The fourth-order valence-electron chi connectivity index (χ4n) is 6.55. The molecular weight excluding hydrogens is 534 g/mol. The van der Waals surface area contributed by atoms with Gasteiger partial charge in [-0.05, 0) is 82.9 Å². The lowest BCUT2D eigenvalue weighted by atomic mass is 9.81. The van der Waals surface area contributed by atoms with E-state index in [1.54, 1.807) is 14.2 Å². The third-order valence-corrected chi connectivity index (χ3v) is 9.29. The first-order valence-corrected chi connectivity index (χ1v) is 15.4. The third kappa shape index (κ3) is 6.68. The van der Waals surface area contributed by atoms with Crippen molar-refractivity contribution in [1.82, 2.24) is 9.88 Å². The van der Waals surface area contributed by atoms with Crippen molar-refractivity contribution in [2.24, 2.45) is 5.92 Å². The van der Waals surface area contributed by atoms with Crippen molar-refractivity contribution in [1.29, 1.82) is 0 Å². The zero-order chi connectivity index (χ0) is 29.9. The summed E-state index contributed by atoms with van der Waals surface area (Å²) in [5, 5.41) is 13.8. The average molecular weight is 582 g/mol. The number of likely N-dealkylation sites (tertiary alicyclic amines) is 1. The number of fused-ring (bicyclic) bond motifs is 2. The summed E-state index contributed by atoms with van der Waals surface area (Å²) in [6, 6.07) is 5.38. The van der Waals surface area contributed by atoms with E-state index in [4.69, 9.17) is 23.9 Å². The fraction of sp³-hybridized carbons (Fsp3) is 0.636. The zero-order valence-electron chi connectivity index (χ0n) is 25.8. The van der Waals surface area contributed by atoms with Crippen LogP contribution in [0.1, 0.15) is 73.5 Å². The zero-order valence-corrected chi connectivity index (χ0v) is 25.8. The van der Waals surface area contributed by atoms with E-state index in [2.05, 4.69) is 30.1 Å². The van der Waals surface area contributed by atoms with E-state index < -0.39 is 12.0 Å². The van der Waals surface area contributed by atoms with Crippen LogP contribution >= 0.6 is 0 Å². The van der Waals surface area contributed by atoms with Crippen molar-refractivity contribution in [3.8, 4) is 11.5 Å². The number of nitrogens with one attached hydrogen (secondary N) is 1. The molecule has 0 saturated carbocycles. The smallest absolute Gasteiger partial charge is 0.325 e. The molecule has 2 aromatic rings. The molecule has 3 atom stereocenters. The number of ether oxygens (including phenoxy) is 4. The molecular formula is C33H47N3O6. The lowest BCUT2D eigenvalue weighted by Gasteiger charge is -2.38. The molecule has 1 aromatic heterocycles. The second kappa shape index (κ2) is 13.2. The lowest BCUT2D eigenvalue weighted by molar-refractivity contribution is -0.143. The van der Waals surface area contributed by atoms with Crippen LogP contribution in [0.4, 0.5) is 5.82 Å². The summed E-state index contributed by atoms with van der Waals surface area (Å²) in [6.07, 6.45) is 6.43. The normalized spacial score (nSPS) is 21.2. The summed E-state index contributed by atoms with van der Waals surface area (Å²) in [7, 11) is 3.44. The molecule has 3 aliphatic rings. The Kier molecular flexibility index (Phi) is 9.60. The Bertz CT molecular complexity index is 1250. The van der Waals surface area contributed by atoms with Crippen molar-refractivity contribution in [2.75, 3.05) is 52.4 Å². The summed E-state index contributed by atoms with van der Waals surface area (Å²) < 4.78 is 23.8. The van der Waals surface area contributed by atoms with E-state index >= 15 is 0 Å². The first kappa shape index (κ1) is 30.6. The Labute approximate surface area is 249 Å². The lowest BCUT2D eigenvalue weighted by Crippen LogP contribution is -2.41. The number of methoxy groups -OCH3 is 2. The Morgan fingerprint density at radius 2 is 2.07 bits per heavy atom. The van der Waals surface area contributed by atoms with E-state index in [1.807, 2.05) is 19.1 Å². The highest BCUT2D eigenvalue weighted by Gasteiger charge is 2.40. The number of nitrogens with zero attached hydrogens (tertiary/aromatic N) is 2. The van der Waals surface area contributed by atoms with E-state index in [0.29, 0.717) is 26.3 Å². The predicted molar refractivity (Wildman–Crippen MR) is 162 cm³/mol. The monoisotopic (exact) mass is 581 g/mol. The fourth-order valence-corrected chi connectivity index (χ4v) is 6.55. The first-order chi connectivity index (χ1) is 20.2. The Morgan fingerprint density at radius 1 is 1.24 bits per heavy atom. The van der Waals surface area contributed by atoms with Crippen molar-refractivity contribution in [2.45, 2.75) is 83.5 Å². The number of carboxylic acid groups (broad SMARTS) is 1. The molecule has 1 fully saturated rings. The second-order valence-electron chi connectivity index (χ2n) is 12.5. The van der Waals surface area contributed by atoms with Crippen LogP contribution in [-0.2, 0) is 33.5 Å². The number of hydrogen-bond donors (Lipinski definition) is 2. The Morgan fingerprint density at radius 3 is 2.83 bits per heavy atom. The topological polar surface area (TPSA) is 102 Å². The minimum atomic E-state index is -0.834. The molecule has 0 bridgehead atoms. The molecule has 42 heavy (non-hydrogen) atoms. The van der Waals surface area contributed by atoms with Gasteiger partial charge in [-0.1, -0.05) is 6.07 Å². The summed E-state index contributed by atoms with van der Waals surface area (Å²) in [6.45, 7) is 9.57. The van der Waals surface area contributed by atoms with Gasteiger partial charge in [0.15, 0.2) is 0 Å². The van der Waals surface area contributed by atoms with Crippen LogP contribution in [0.15, 0.2) is 18.2 Å². The summed E-state index contributed by atoms with van der Waals surface area (Å²) in [5.74, 6) is 1.99. The van der Waals surface area contributed by atoms with E-state index in [1.165, 1.54) is 5.56 Å². The molecule has 9 heteroatoms. The van der Waals surface area contributed by atoms with Crippen LogP contribution in [0, 0.1) is 12.8 Å². The van der Waals surface area contributed by atoms with Gasteiger partial charge in [0.2, 0.25) is 0 Å². The molecule has 0 radical (unpaired) electrons. The van der Waals surface area contributed by atoms with E-state index in [9.17, 15) is 9.90 Å². The van der Waals surface area contributed by atoms with Crippen LogP contribution < -0.4 is 14.8 Å². The predicted octanol–water partition coefficient (Wildman–Crippen LogP) is 4.97. The first-order valence-electron chi connectivity index (χ1n) is 15.4. The van der Waals surface area contributed by atoms with E-state index in [-0.39, 0.29) is 17.6 Å². The highest BCUT2D eigenvalue weighted by atomic mass is 16.5. The van der Waals surface area contributed by atoms with Gasteiger partial charge in [0.25, 0.3) is 0 Å². The van der Waals surface area contributed by atoms with Gasteiger partial charge in [-0.15, -0.1) is 0 Å². The SMILES string of the molecule is COc1cc(CCCCO[C@@H]2CCN([C@H](C(=O)O)c3cc(C)cc4c3CC(C(C)(C)OC)CO4)C2)nc2c1CCCN2. The Hall–Kier alpha value is -2.88. The third-order valence-electron chi connectivity index (χ3n) is 9.29. The number of unbranched alkanes of at least 4 members (excludes halogenated alkanes) is 1. The van der Waals surface area contributed by atoms with Crippen molar-refractivity contribution in [3.05, 3.63) is 46.1 Å². The average Bonchev–Trinajstić information content (AvgIpc) is 3.44. The molecule has 1 aromatic carbocycles. The molecule has 0 spiro atoms. The number of aliphatic carboxylic acids is 1. The maximum Gasteiger partial charge on any atom is 0.325 e. The maximum atomic E-state index is 12.7. The summed E-state index contributed by atoms with van der Waals surface area (Å²) in [4.78, 5) is 19.6. The molecule has 0 amide bonds. The van der Waals surface area contributed by atoms with Crippen molar-refractivity contribution < 1.29 is 28.8 Å². The number of hydrogen-bond acceptors (Lipinski definition) is 8. The van der Waals surface area contributed by atoms with Crippen LogP contribution in [0.25, 0.3) is 0 Å². The number of aryl methyl sites for hydroxylation is 2. The number of carbonyl (C=O) groups is 1. The Balaban J connectivity index is 1.17. The van der Waals surface area contributed by atoms with E-state index in [0.717, 1.165) is 91.2 Å². The highest BCUT2D eigenvalue weighted by molar-refractivity contribution is 5.77. The van der Waals surface area contributed by atoms with Crippen LogP contribution in [0.5, 0.6) is 11.5 Å². The van der Waals surface area contributed by atoms with Gasteiger partial charge < -0.3 is 29.4 Å². The molecule has 4 heterocycles. The standard InChI is InChI=1S/C33H47N3O6/c1-21-15-27(26-17-22(33(2,3)40-5)20-42-29(26)16-21)30(32(37)38)36-13-11-24(19-36)41-14-7-6-9-23-18-28(39-4)25-10-8-12-34-31(25)35-23/h15-16,18,22,24,30H,6-14,17,19-20H2,1-5H3,(H,34,35)(H,37,38)/t22?,24-,30+/m1/s1. The van der Waals surface area contributed by atoms with Crippen LogP contribution in [0.2, 0.25) is 0 Å². The minimum absolute atomic E-state index is 0.0232. The molecule has 230 valence electrons. The molecule has 9 nitrogen and oxygen atoms in total. The number of anilines is 1. The van der Waals surface area contributed by atoms with Crippen molar-refractivity contribution in [3.63, 3.8) is 0 Å². The van der Waals surface area contributed by atoms with Crippen LogP contribution in [0.3, 0.4) is 0 Å². The number of carboxylic acids is 1. The number of pyridine rings is 1. The van der Waals surface area contributed by atoms with Crippen molar-refractivity contribution >= 4 is 11.8 Å². The maximum absolute atomic E-state index is 12.7. The molecule has 5 rings (SSSR count). The summed E-state index contributed by atoms with van der Waals surface area (Å²) in [5.41, 5.74) is 4.67. The molecule has 1 unspecified atom stereocenters. The largest absolute Gasteiger partial charge is 0.496 e. The minimum Gasteiger partial charge on any atom is -0.496 e. The number of aromatic nitrogens is 1. The highest BCUT2D eigenvalue weighted by Crippen LogP contribution is 2.40. The van der Waals surface area contributed by atoms with Gasteiger partial charge in [0.1, 0.15) is 23.4 Å². The van der Waals surface area contributed by atoms with Gasteiger partial charge >= 0.3 is 5.97 Å². The van der Waals surface area contributed by atoms with Gasteiger partial charge in [-0.25, -0.2) is 4.98 Å². The summed E-state index contributed by atoms with van der Waals surface area (Å²) >= 11 is 0. The number of rotatable bonds is 12. The molecule has 0 aliphatic carbocycles. The molecule has 3 aliphatic heterocycles. The number of benzene rings is 1. The van der Waals surface area contributed by atoms with Gasteiger partial charge in [0, 0.05) is 62.2 Å². The van der Waals surface area contributed by atoms with Gasteiger partial charge in [-0.2, -0.15) is 0 Å². The second-order valence-corrected chi connectivity index (χ2v) is 12.5. The van der Waals surface area contributed by atoms with Gasteiger partial charge in [0.05, 0.1) is 25.4 Å². The quantitative estimate of drug-likeness (QED) is 0.336. The molecule has 1 saturated heterocycles. The molecule has 2 N–H and O–H groups in total.